The van der Waals surface area contributed by atoms with Gasteiger partial charge in [0.25, 0.3) is 0 Å². The van der Waals surface area contributed by atoms with Crippen molar-refractivity contribution >= 4 is 10.0 Å². The van der Waals surface area contributed by atoms with Gasteiger partial charge in [-0.2, -0.15) is 4.31 Å². The van der Waals surface area contributed by atoms with Gasteiger partial charge in [0, 0.05) is 6.54 Å². The number of aromatic nitrogens is 1. The Morgan fingerprint density at radius 2 is 2.05 bits per heavy atom. The van der Waals surface area contributed by atoms with E-state index in [4.69, 9.17) is 4.52 Å². The van der Waals surface area contributed by atoms with E-state index in [-0.39, 0.29) is 16.9 Å². The SMILES string of the molecule is Cc1noc(C)c1S(=O)(=O)N1CC2CC3CC2C1C3O. The first-order chi connectivity index (χ1) is 9.41. The molecule has 0 radical (unpaired) electrons. The number of hydrogen-bond donors (Lipinski definition) is 1. The summed E-state index contributed by atoms with van der Waals surface area (Å²) < 4.78 is 32.3. The first-order valence-electron chi connectivity index (χ1n) is 7.04. The molecule has 0 spiro atoms. The first kappa shape index (κ1) is 12.8. The highest BCUT2D eigenvalue weighted by atomic mass is 32.2. The lowest BCUT2D eigenvalue weighted by Crippen LogP contribution is -2.43. The van der Waals surface area contributed by atoms with E-state index in [9.17, 15) is 13.5 Å². The molecule has 7 heteroatoms. The van der Waals surface area contributed by atoms with Crippen LogP contribution < -0.4 is 0 Å². The van der Waals surface area contributed by atoms with Gasteiger partial charge in [0.1, 0.15) is 10.6 Å². The van der Waals surface area contributed by atoms with Crippen LogP contribution >= 0.6 is 0 Å². The fourth-order valence-corrected chi connectivity index (χ4v) is 6.63. The predicted octanol–water partition coefficient (Wildman–Crippen LogP) is 0.681. The summed E-state index contributed by atoms with van der Waals surface area (Å²) in [4.78, 5) is 0.175. The largest absolute Gasteiger partial charge is 0.391 e. The van der Waals surface area contributed by atoms with Gasteiger partial charge in [-0.3, -0.25) is 0 Å². The standard InChI is InChI=1S/C13H18N2O4S/c1-6-13(7(2)19-14-6)20(17,18)15-5-9-3-8-4-10(9)11(15)12(8)16/h8-12,16H,3-5H2,1-2H3. The Balaban J connectivity index is 1.79. The van der Waals surface area contributed by atoms with Crippen LogP contribution in [0, 0.1) is 31.6 Å². The lowest BCUT2D eigenvalue weighted by Gasteiger charge is -2.28. The molecule has 1 N–H and O–H groups in total. The van der Waals surface area contributed by atoms with Gasteiger partial charge in [0.15, 0.2) is 5.76 Å². The monoisotopic (exact) mass is 298 g/mol. The molecule has 5 atom stereocenters. The van der Waals surface area contributed by atoms with E-state index in [1.54, 1.807) is 13.8 Å². The van der Waals surface area contributed by atoms with Crippen LogP contribution in [0.3, 0.4) is 0 Å². The van der Waals surface area contributed by atoms with Crippen LogP contribution in [0.25, 0.3) is 0 Å². The summed E-state index contributed by atoms with van der Waals surface area (Å²) in [5, 5.41) is 14.1. The van der Waals surface area contributed by atoms with E-state index >= 15 is 0 Å². The third-order valence-electron chi connectivity index (χ3n) is 5.34. The molecule has 1 aliphatic heterocycles. The minimum absolute atomic E-state index is 0.175. The molecule has 3 aliphatic rings. The molecular weight excluding hydrogens is 280 g/mol. The lowest BCUT2D eigenvalue weighted by atomic mass is 9.88. The molecule has 0 amide bonds. The summed E-state index contributed by atoms with van der Waals surface area (Å²) in [5.74, 6) is 1.33. The van der Waals surface area contributed by atoms with Crippen LogP contribution in [-0.2, 0) is 10.0 Å². The zero-order valence-corrected chi connectivity index (χ0v) is 12.3. The van der Waals surface area contributed by atoms with Crippen molar-refractivity contribution in [1.29, 1.82) is 0 Å². The normalized spacial score (nSPS) is 39.9. The predicted molar refractivity (Wildman–Crippen MR) is 69.4 cm³/mol. The van der Waals surface area contributed by atoms with Crippen molar-refractivity contribution in [2.45, 2.75) is 43.7 Å². The fraction of sp³-hybridized carbons (Fsp3) is 0.769. The molecule has 20 heavy (non-hydrogen) atoms. The van der Waals surface area contributed by atoms with Gasteiger partial charge < -0.3 is 9.63 Å². The van der Waals surface area contributed by atoms with Crippen molar-refractivity contribution in [3.05, 3.63) is 11.5 Å². The van der Waals surface area contributed by atoms with E-state index in [1.165, 1.54) is 4.31 Å². The average molecular weight is 298 g/mol. The first-order valence-corrected chi connectivity index (χ1v) is 8.48. The van der Waals surface area contributed by atoms with Crippen molar-refractivity contribution < 1.29 is 18.0 Å². The van der Waals surface area contributed by atoms with E-state index in [1.807, 2.05) is 0 Å². The molecule has 2 heterocycles. The van der Waals surface area contributed by atoms with Gasteiger partial charge >= 0.3 is 0 Å². The highest BCUT2D eigenvalue weighted by molar-refractivity contribution is 7.89. The summed E-state index contributed by atoms with van der Waals surface area (Å²) in [7, 11) is -3.63. The Hall–Kier alpha value is -0.920. The maximum absolute atomic E-state index is 12.9. The molecule has 5 unspecified atom stereocenters. The van der Waals surface area contributed by atoms with Crippen molar-refractivity contribution in [1.82, 2.24) is 9.46 Å². The van der Waals surface area contributed by atoms with Crippen molar-refractivity contribution in [3.8, 4) is 0 Å². The third-order valence-corrected chi connectivity index (χ3v) is 7.45. The Morgan fingerprint density at radius 1 is 1.30 bits per heavy atom. The minimum atomic E-state index is -3.63. The van der Waals surface area contributed by atoms with E-state index in [0.717, 1.165) is 12.8 Å². The number of fused-ring (bicyclic) bond motifs is 1. The fourth-order valence-electron chi connectivity index (χ4n) is 4.60. The number of aryl methyl sites for hydroxylation is 2. The summed E-state index contributed by atoms with van der Waals surface area (Å²) in [5.41, 5.74) is 0.394. The Bertz CT molecular complexity index is 646. The Labute approximate surface area is 117 Å². The summed E-state index contributed by atoms with van der Waals surface area (Å²) in [6.45, 7) is 3.78. The molecule has 1 aromatic rings. The minimum Gasteiger partial charge on any atom is -0.391 e. The lowest BCUT2D eigenvalue weighted by molar-refractivity contribution is 0.0730. The number of aliphatic hydroxyl groups excluding tert-OH is 1. The van der Waals surface area contributed by atoms with Gasteiger partial charge in [-0.05, 0) is 44.4 Å². The van der Waals surface area contributed by atoms with Crippen LogP contribution in [0.5, 0.6) is 0 Å². The molecule has 4 rings (SSSR count). The van der Waals surface area contributed by atoms with Gasteiger partial charge in [-0.25, -0.2) is 8.42 Å². The summed E-state index contributed by atoms with van der Waals surface area (Å²) in [6, 6.07) is -0.252. The van der Waals surface area contributed by atoms with Crippen molar-refractivity contribution in [2.75, 3.05) is 6.54 Å². The van der Waals surface area contributed by atoms with Crippen molar-refractivity contribution in [3.63, 3.8) is 0 Å². The number of nitrogens with zero attached hydrogens (tertiary/aromatic N) is 2. The molecular formula is C13H18N2O4S. The average Bonchev–Trinajstić information content (AvgIpc) is 3.03. The molecule has 2 aliphatic carbocycles. The zero-order chi connectivity index (χ0) is 14.2. The Kier molecular flexibility index (Phi) is 2.45. The van der Waals surface area contributed by atoms with Gasteiger partial charge in [0.05, 0.1) is 12.1 Å². The molecule has 1 saturated heterocycles. The van der Waals surface area contributed by atoms with Gasteiger partial charge in [-0.15, -0.1) is 0 Å². The van der Waals surface area contributed by atoms with Crippen molar-refractivity contribution in [2.24, 2.45) is 17.8 Å². The quantitative estimate of drug-likeness (QED) is 0.868. The van der Waals surface area contributed by atoms with E-state index in [0.29, 0.717) is 29.8 Å². The molecule has 2 saturated carbocycles. The topological polar surface area (TPSA) is 83.6 Å². The second kappa shape index (κ2) is 3.84. The molecule has 110 valence electrons. The Morgan fingerprint density at radius 3 is 2.65 bits per heavy atom. The molecule has 3 fully saturated rings. The molecule has 1 aromatic heterocycles. The van der Waals surface area contributed by atoms with Crippen LogP contribution in [0.4, 0.5) is 0 Å². The van der Waals surface area contributed by atoms with Gasteiger partial charge in [-0.1, -0.05) is 5.16 Å². The zero-order valence-electron chi connectivity index (χ0n) is 11.5. The highest BCUT2D eigenvalue weighted by Gasteiger charge is 2.61. The second-order valence-electron chi connectivity index (χ2n) is 6.36. The number of hydrogen-bond acceptors (Lipinski definition) is 5. The van der Waals surface area contributed by atoms with Crippen LogP contribution in [0.1, 0.15) is 24.3 Å². The summed E-state index contributed by atoms with van der Waals surface area (Å²) in [6.07, 6.45) is 1.40. The second-order valence-corrected chi connectivity index (χ2v) is 8.19. The maximum Gasteiger partial charge on any atom is 0.248 e. The van der Waals surface area contributed by atoms with Crippen LogP contribution in [-0.4, -0.2) is 41.7 Å². The van der Waals surface area contributed by atoms with E-state index < -0.39 is 16.1 Å². The summed E-state index contributed by atoms with van der Waals surface area (Å²) >= 11 is 0. The highest BCUT2D eigenvalue weighted by Crippen LogP contribution is 2.56. The maximum atomic E-state index is 12.9. The number of aliphatic hydroxyl groups is 1. The molecule has 0 aromatic carbocycles. The van der Waals surface area contributed by atoms with Crippen LogP contribution in [0.2, 0.25) is 0 Å². The number of sulfonamides is 1. The van der Waals surface area contributed by atoms with Crippen LogP contribution in [0.15, 0.2) is 9.42 Å². The third kappa shape index (κ3) is 1.40. The van der Waals surface area contributed by atoms with Gasteiger partial charge in [0.2, 0.25) is 10.0 Å². The number of rotatable bonds is 2. The molecule has 2 bridgehead atoms. The molecule has 6 nitrogen and oxygen atoms in total. The van der Waals surface area contributed by atoms with E-state index in [2.05, 4.69) is 5.16 Å². The smallest absolute Gasteiger partial charge is 0.248 e.